The van der Waals surface area contributed by atoms with Gasteiger partial charge in [0.05, 0.1) is 17.5 Å². The van der Waals surface area contributed by atoms with Crippen molar-refractivity contribution in [1.29, 1.82) is 0 Å². The monoisotopic (exact) mass is 330 g/mol. The Labute approximate surface area is 138 Å². The molecule has 3 rings (SSSR count). The van der Waals surface area contributed by atoms with Crippen molar-refractivity contribution in [2.75, 3.05) is 13.2 Å². The molecule has 0 atom stereocenters. The average molecular weight is 330 g/mol. The number of aliphatic carboxylic acids is 1. The van der Waals surface area contributed by atoms with Crippen LogP contribution in [-0.2, 0) is 9.53 Å². The quantitative estimate of drug-likeness (QED) is 0.848. The zero-order chi connectivity index (χ0) is 17.0. The number of ether oxygens (including phenoxy) is 1. The van der Waals surface area contributed by atoms with Gasteiger partial charge in [0.15, 0.2) is 0 Å². The van der Waals surface area contributed by atoms with Gasteiger partial charge in [-0.25, -0.2) is 9.97 Å². The lowest BCUT2D eigenvalue weighted by molar-refractivity contribution is -0.139. The summed E-state index contributed by atoms with van der Waals surface area (Å²) in [4.78, 5) is 31.8. The van der Waals surface area contributed by atoms with Crippen LogP contribution in [-0.4, -0.2) is 50.3 Å². The number of imidazole rings is 1. The summed E-state index contributed by atoms with van der Waals surface area (Å²) >= 11 is 0. The number of hydrogen-bond acceptors (Lipinski definition) is 5. The third-order valence-electron chi connectivity index (χ3n) is 4.10. The van der Waals surface area contributed by atoms with Crippen molar-refractivity contribution < 1.29 is 19.4 Å². The van der Waals surface area contributed by atoms with Gasteiger partial charge in [-0.2, -0.15) is 0 Å². The first-order valence-electron chi connectivity index (χ1n) is 7.64. The number of aromatic nitrogens is 3. The molecular weight excluding hydrogens is 312 g/mol. The van der Waals surface area contributed by atoms with E-state index in [1.165, 1.54) is 6.20 Å². The van der Waals surface area contributed by atoms with Crippen molar-refractivity contribution in [3.05, 3.63) is 42.6 Å². The van der Waals surface area contributed by atoms with E-state index in [0.29, 0.717) is 37.4 Å². The van der Waals surface area contributed by atoms with Gasteiger partial charge in [-0.05, 0) is 25.0 Å². The Hall–Kier alpha value is -2.74. The molecule has 24 heavy (non-hydrogen) atoms. The number of carboxylic acids is 1. The Morgan fingerprint density at radius 3 is 2.71 bits per heavy atom. The zero-order valence-corrected chi connectivity index (χ0v) is 13.0. The number of nitrogens with zero attached hydrogens (tertiary/aromatic N) is 3. The summed E-state index contributed by atoms with van der Waals surface area (Å²) in [5.41, 5.74) is -0.389. The SMILES string of the molecule is O=C(O)CC1(NC(=O)c2ccc(-n3ccnc3)nc2)CCOCC1. The normalized spacial score (nSPS) is 16.5. The summed E-state index contributed by atoms with van der Waals surface area (Å²) in [7, 11) is 0. The van der Waals surface area contributed by atoms with Gasteiger partial charge >= 0.3 is 5.97 Å². The van der Waals surface area contributed by atoms with Crippen LogP contribution in [0.3, 0.4) is 0 Å². The Morgan fingerprint density at radius 2 is 2.12 bits per heavy atom. The maximum absolute atomic E-state index is 12.5. The summed E-state index contributed by atoms with van der Waals surface area (Å²) in [5, 5.41) is 12.0. The van der Waals surface area contributed by atoms with Gasteiger partial charge < -0.3 is 15.2 Å². The number of hydrogen-bond donors (Lipinski definition) is 2. The maximum Gasteiger partial charge on any atom is 0.305 e. The van der Waals surface area contributed by atoms with Crippen molar-refractivity contribution in [2.24, 2.45) is 0 Å². The van der Waals surface area contributed by atoms with Gasteiger partial charge in [0.1, 0.15) is 12.1 Å². The number of pyridine rings is 1. The third kappa shape index (κ3) is 3.60. The van der Waals surface area contributed by atoms with E-state index in [-0.39, 0.29) is 12.3 Å². The Balaban J connectivity index is 1.74. The van der Waals surface area contributed by atoms with Crippen LogP contribution in [0.2, 0.25) is 0 Å². The third-order valence-corrected chi connectivity index (χ3v) is 4.10. The Bertz CT molecular complexity index is 706. The molecule has 3 heterocycles. The molecule has 2 aromatic heterocycles. The molecule has 2 aromatic rings. The molecule has 0 unspecified atom stereocenters. The van der Waals surface area contributed by atoms with E-state index in [1.54, 1.807) is 35.4 Å². The van der Waals surface area contributed by atoms with Gasteiger partial charge in [-0.15, -0.1) is 0 Å². The van der Waals surface area contributed by atoms with E-state index in [0.717, 1.165) is 0 Å². The van der Waals surface area contributed by atoms with E-state index in [2.05, 4.69) is 15.3 Å². The highest BCUT2D eigenvalue weighted by Gasteiger charge is 2.36. The van der Waals surface area contributed by atoms with Crippen LogP contribution in [0.1, 0.15) is 29.6 Å². The second-order valence-electron chi connectivity index (χ2n) is 5.79. The standard InChI is InChI=1S/C16H18N4O4/c21-14(22)9-16(3-7-24-8-4-16)19-15(23)12-1-2-13(18-10-12)20-6-5-17-11-20/h1-2,5-6,10-11H,3-4,7-9H2,(H,19,23)(H,21,22). The van der Waals surface area contributed by atoms with Gasteiger partial charge in [0, 0.05) is 31.8 Å². The zero-order valence-electron chi connectivity index (χ0n) is 13.0. The van der Waals surface area contributed by atoms with Gasteiger partial charge in [0.25, 0.3) is 5.91 Å². The summed E-state index contributed by atoms with van der Waals surface area (Å²) in [6.45, 7) is 0.872. The molecular formula is C16H18N4O4. The highest BCUT2D eigenvalue weighted by atomic mass is 16.5. The number of carbonyl (C=O) groups excluding carboxylic acids is 1. The molecule has 126 valence electrons. The molecule has 1 aliphatic rings. The molecule has 0 saturated carbocycles. The molecule has 0 aromatic carbocycles. The topological polar surface area (TPSA) is 106 Å². The lowest BCUT2D eigenvalue weighted by atomic mass is 9.86. The minimum Gasteiger partial charge on any atom is -0.481 e. The molecule has 8 nitrogen and oxygen atoms in total. The number of carbonyl (C=O) groups is 2. The Morgan fingerprint density at radius 1 is 1.33 bits per heavy atom. The summed E-state index contributed by atoms with van der Waals surface area (Å²) in [6.07, 6.45) is 7.32. The molecule has 0 bridgehead atoms. The van der Waals surface area contributed by atoms with Crippen LogP contribution in [0.4, 0.5) is 0 Å². The lowest BCUT2D eigenvalue weighted by Crippen LogP contribution is -2.53. The van der Waals surface area contributed by atoms with Gasteiger partial charge in [-0.3, -0.25) is 14.2 Å². The highest BCUT2D eigenvalue weighted by molar-refractivity contribution is 5.94. The summed E-state index contributed by atoms with van der Waals surface area (Å²) in [5.74, 6) is -0.621. The lowest BCUT2D eigenvalue weighted by Gasteiger charge is -2.36. The summed E-state index contributed by atoms with van der Waals surface area (Å²) in [6, 6.07) is 3.37. The van der Waals surface area contributed by atoms with Crippen LogP contribution in [0, 0.1) is 0 Å². The van der Waals surface area contributed by atoms with Crippen molar-refractivity contribution in [2.45, 2.75) is 24.8 Å². The number of carboxylic acid groups (broad SMARTS) is 1. The molecule has 0 aliphatic carbocycles. The van der Waals surface area contributed by atoms with Crippen LogP contribution in [0.15, 0.2) is 37.1 Å². The van der Waals surface area contributed by atoms with Crippen LogP contribution >= 0.6 is 0 Å². The maximum atomic E-state index is 12.5. The molecule has 0 radical (unpaired) electrons. The van der Waals surface area contributed by atoms with Crippen LogP contribution in [0.5, 0.6) is 0 Å². The van der Waals surface area contributed by atoms with E-state index in [1.807, 2.05) is 0 Å². The molecule has 1 amide bonds. The second-order valence-corrected chi connectivity index (χ2v) is 5.79. The highest BCUT2D eigenvalue weighted by Crippen LogP contribution is 2.25. The fourth-order valence-electron chi connectivity index (χ4n) is 2.78. The summed E-state index contributed by atoms with van der Waals surface area (Å²) < 4.78 is 7.01. The predicted octanol–water partition coefficient (Wildman–Crippen LogP) is 1.02. The fraction of sp³-hybridized carbons (Fsp3) is 0.375. The van der Waals surface area contributed by atoms with E-state index in [9.17, 15) is 9.59 Å². The number of rotatable bonds is 5. The minimum atomic E-state index is -0.939. The largest absolute Gasteiger partial charge is 0.481 e. The van der Waals surface area contributed by atoms with E-state index < -0.39 is 11.5 Å². The number of amides is 1. The molecule has 1 fully saturated rings. The molecule has 2 N–H and O–H groups in total. The van der Waals surface area contributed by atoms with Gasteiger partial charge in [0.2, 0.25) is 0 Å². The van der Waals surface area contributed by atoms with Gasteiger partial charge in [-0.1, -0.05) is 0 Å². The minimum absolute atomic E-state index is 0.122. The van der Waals surface area contributed by atoms with E-state index >= 15 is 0 Å². The molecule has 1 saturated heterocycles. The number of nitrogens with one attached hydrogen (secondary N) is 1. The average Bonchev–Trinajstić information content (AvgIpc) is 3.09. The molecule has 8 heteroatoms. The molecule has 0 spiro atoms. The second kappa shape index (κ2) is 6.79. The first-order chi connectivity index (χ1) is 11.6. The predicted molar refractivity (Wildman–Crippen MR) is 83.9 cm³/mol. The van der Waals surface area contributed by atoms with Crippen molar-refractivity contribution >= 4 is 11.9 Å². The first kappa shape index (κ1) is 16.1. The van der Waals surface area contributed by atoms with Crippen molar-refractivity contribution in [3.63, 3.8) is 0 Å². The van der Waals surface area contributed by atoms with Crippen molar-refractivity contribution in [3.8, 4) is 5.82 Å². The van der Waals surface area contributed by atoms with E-state index in [4.69, 9.17) is 9.84 Å². The Kier molecular flexibility index (Phi) is 4.57. The van der Waals surface area contributed by atoms with Crippen LogP contribution < -0.4 is 5.32 Å². The van der Waals surface area contributed by atoms with Crippen molar-refractivity contribution in [1.82, 2.24) is 19.9 Å². The van der Waals surface area contributed by atoms with Crippen LogP contribution in [0.25, 0.3) is 5.82 Å². The smallest absolute Gasteiger partial charge is 0.305 e. The molecule has 1 aliphatic heterocycles. The first-order valence-corrected chi connectivity index (χ1v) is 7.64. The fourth-order valence-corrected chi connectivity index (χ4v) is 2.78.